The minimum atomic E-state index is -1.01. The Labute approximate surface area is 159 Å². The minimum Gasteiger partial charge on any atom is -0.460 e. The number of carbonyl (C=O) groups excluding carboxylic acids is 2. The number of unbranched alkanes of at least 4 members (excludes halogenated alkanes) is 3. The number of rotatable bonds is 15. The molecule has 0 rings (SSSR count). The van der Waals surface area contributed by atoms with Crippen LogP contribution in [0.5, 0.6) is 0 Å². The Morgan fingerprint density at radius 3 is 1.41 bits per heavy atom. The highest BCUT2D eigenvalue weighted by Crippen LogP contribution is 1.96. The SMILES string of the molecule is C=CC(=O)OCC(O)COCC(O)COC(=O)C=C.OCCCCCCO. The van der Waals surface area contributed by atoms with Gasteiger partial charge in [0.2, 0.25) is 0 Å². The van der Waals surface area contributed by atoms with Crippen LogP contribution in [0.3, 0.4) is 0 Å². The van der Waals surface area contributed by atoms with Crippen molar-refractivity contribution < 1.29 is 44.2 Å². The number of hydrogen-bond donors (Lipinski definition) is 4. The second-order valence-electron chi connectivity index (χ2n) is 5.37. The lowest BCUT2D eigenvalue weighted by Crippen LogP contribution is -2.28. The quantitative estimate of drug-likeness (QED) is 0.168. The summed E-state index contributed by atoms with van der Waals surface area (Å²) in [5.41, 5.74) is 0. The maximum absolute atomic E-state index is 10.7. The molecule has 0 fully saturated rings. The zero-order valence-electron chi connectivity index (χ0n) is 15.6. The molecule has 4 N–H and O–H groups in total. The van der Waals surface area contributed by atoms with Gasteiger partial charge in [-0.25, -0.2) is 9.59 Å². The fourth-order valence-corrected chi connectivity index (χ4v) is 1.49. The third kappa shape index (κ3) is 22.2. The summed E-state index contributed by atoms with van der Waals surface area (Å²) in [5, 5.41) is 35.3. The van der Waals surface area contributed by atoms with Gasteiger partial charge in [-0.15, -0.1) is 0 Å². The molecule has 0 aromatic heterocycles. The van der Waals surface area contributed by atoms with Gasteiger partial charge in [0.15, 0.2) is 0 Å². The highest BCUT2D eigenvalue weighted by Gasteiger charge is 2.10. The monoisotopic (exact) mass is 392 g/mol. The van der Waals surface area contributed by atoms with Crippen LogP contribution in [0.25, 0.3) is 0 Å². The van der Waals surface area contributed by atoms with Crippen LogP contribution in [-0.4, -0.2) is 84.2 Å². The van der Waals surface area contributed by atoms with Gasteiger partial charge < -0.3 is 34.6 Å². The van der Waals surface area contributed by atoms with E-state index in [1.807, 2.05) is 0 Å². The van der Waals surface area contributed by atoms with Crippen molar-refractivity contribution in [2.75, 3.05) is 39.6 Å². The summed E-state index contributed by atoms with van der Waals surface area (Å²) in [6.45, 7) is 6.24. The normalized spacial score (nSPS) is 12.1. The van der Waals surface area contributed by atoms with E-state index in [-0.39, 0.29) is 39.6 Å². The van der Waals surface area contributed by atoms with Gasteiger partial charge in [0.25, 0.3) is 0 Å². The van der Waals surface area contributed by atoms with Crippen LogP contribution in [-0.2, 0) is 23.8 Å². The molecule has 0 aliphatic heterocycles. The summed E-state index contributed by atoms with van der Waals surface area (Å²) < 4.78 is 14.1. The zero-order chi connectivity index (χ0) is 20.9. The van der Waals surface area contributed by atoms with Crippen molar-refractivity contribution in [1.29, 1.82) is 0 Å². The summed E-state index contributed by atoms with van der Waals surface area (Å²) in [6.07, 6.45) is 3.77. The maximum Gasteiger partial charge on any atom is 0.330 e. The molecule has 9 nitrogen and oxygen atoms in total. The molecule has 0 amide bonds. The molecule has 0 spiro atoms. The van der Waals surface area contributed by atoms with Gasteiger partial charge in [0.1, 0.15) is 25.4 Å². The zero-order valence-corrected chi connectivity index (χ0v) is 15.6. The van der Waals surface area contributed by atoms with Gasteiger partial charge in [-0.1, -0.05) is 26.0 Å². The van der Waals surface area contributed by atoms with Gasteiger partial charge in [-0.2, -0.15) is 0 Å². The molecule has 0 bridgehead atoms. The van der Waals surface area contributed by atoms with Crippen molar-refractivity contribution in [3.8, 4) is 0 Å². The molecule has 0 aliphatic rings. The molecule has 2 unspecified atom stereocenters. The first-order valence-electron chi connectivity index (χ1n) is 8.65. The predicted molar refractivity (Wildman–Crippen MR) is 97.8 cm³/mol. The fourth-order valence-electron chi connectivity index (χ4n) is 1.49. The Morgan fingerprint density at radius 1 is 0.741 bits per heavy atom. The van der Waals surface area contributed by atoms with Crippen molar-refractivity contribution >= 4 is 11.9 Å². The second kappa shape index (κ2) is 20.5. The molecular weight excluding hydrogens is 360 g/mol. The summed E-state index contributed by atoms with van der Waals surface area (Å²) in [4.78, 5) is 21.4. The first-order valence-corrected chi connectivity index (χ1v) is 8.65. The van der Waals surface area contributed by atoms with Crippen LogP contribution >= 0.6 is 0 Å². The molecule has 27 heavy (non-hydrogen) atoms. The lowest BCUT2D eigenvalue weighted by molar-refractivity contribution is -0.143. The van der Waals surface area contributed by atoms with Crippen LogP contribution in [0, 0.1) is 0 Å². The minimum absolute atomic E-state index is 0.128. The number of hydrogen-bond acceptors (Lipinski definition) is 9. The second-order valence-corrected chi connectivity index (χ2v) is 5.37. The summed E-state index contributed by atoms with van der Waals surface area (Å²) >= 11 is 0. The van der Waals surface area contributed by atoms with Crippen molar-refractivity contribution in [3.63, 3.8) is 0 Å². The largest absolute Gasteiger partial charge is 0.460 e. The van der Waals surface area contributed by atoms with E-state index in [0.29, 0.717) is 0 Å². The van der Waals surface area contributed by atoms with E-state index in [0.717, 1.165) is 37.8 Å². The smallest absolute Gasteiger partial charge is 0.330 e. The Kier molecular flexibility index (Phi) is 20.9. The van der Waals surface area contributed by atoms with Crippen LogP contribution in [0.15, 0.2) is 25.3 Å². The fraction of sp³-hybridized carbons (Fsp3) is 0.667. The molecule has 0 saturated carbocycles. The van der Waals surface area contributed by atoms with Crippen LogP contribution in [0.2, 0.25) is 0 Å². The average Bonchev–Trinajstić information content (AvgIpc) is 2.68. The Bertz CT molecular complexity index is 362. The van der Waals surface area contributed by atoms with E-state index in [9.17, 15) is 19.8 Å². The third-order valence-electron chi connectivity index (χ3n) is 2.86. The highest BCUT2D eigenvalue weighted by molar-refractivity contribution is 5.81. The van der Waals surface area contributed by atoms with Crippen LogP contribution in [0.4, 0.5) is 0 Å². The van der Waals surface area contributed by atoms with E-state index < -0.39 is 24.1 Å². The van der Waals surface area contributed by atoms with Crippen molar-refractivity contribution in [2.24, 2.45) is 0 Å². The molecule has 2 atom stereocenters. The van der Waals surface area contributed by atoms with Crippen molar-refractivity contribution in [3.05, 3.63) is 25.3 Å². The van der Waals surface area contributed by atoms with E-state index >= 15 is 0 Å². The number of ether oxygens (including phenoxy) is 3. The number of esters is 2. The molecular formula is C18H32O9. The van der Waals surface area contributed by atoms with Gasteiger partial charge in [-0.05, 0) is 12.8 Å². The lowest BCUT2D eigenvalue weighted by Gasteiger charge is -2.14. The summed E-state index contributed by atoms with van der Waals surface area (Å²) in [6, 6.07) is 0. The standard InChI is InChI=1S/C12H18O7.C6H14O2/c1-3-11(15)18-7-9(13)5-17-6-10(14)8-19-12(16)4-2;7-5-3-1-2-4-6-8/h3-4,9-10,13-14H,1-2,5-8H2;7-8H,1-6H2. The molecule has 0 aliphatic carbocycles. The number of aliphatic hydroxyl groups is 4. The third-order valence-corrected chi connectivity index (χ3v) is 2.86. The van der Waals surface area contributed by atoms with E-state index in [1.54, 1.807) is 0 Å². The Hall–Kier alpha value is -1.78. The topological polar surface area (TPSA) is 143 Å². The summed E-state index contributed by atoms with van der Waals surface area (Å²) in [7, 11) is 0. The van der Waals surface area contributed by atoms with Crippen molar-refractivity contribution in [1.82, 2.24) is 0 Å². The van der Waals surface area contributed by atoms with Gasteiger partial charge >= 0.3 is 11.9 Å². The Morgan fingerprint density at radius 2 is 1.11 bits per heavy atom. The van der Waals surface area contributed by atoms with Crippen LogP contribution < -0.4 is 0 Å². The summed E-state index contributed by atoms with van der Waals surface area (Å²) in [5.74, 6) is -1.29. The molecule has 0 heterocycles. The van der Waals surface area contributed by atoms with Gasteiger partial charge in [0.05, 0.1) is 13.2 Å². The molecule has 0 aromatic carbocycles. The molecule has 158 valence electrons. The Balaban J connectivity index is 0. The molecule has 0 radical (unpaired) electrons. The average molecular weight is 392 g/mol. The van der Waals surface area contributed by atoms with Crippen molar-refractivity contribution in [2.45, 2.75) is 37.9 Å². The first-order chi connectivity index (χ1) is 12.9. The number of aliphatic hydroxyl groups excluding tert-OH is 4. The molecule has 0 saturated heterocycles. The van der Waals surface area contributed by atoms with E-state index in [1.165, 1.54) is 0 Å². The predicted octanol–water partition coefficient (Wildman–Crippen LogP) is -0.285. The highest BCUT2D eigenvalue weighted by atomic mass is 16.6. The van der Waals surface area contributed by atoms with E-state index in [2.05, 4.69) is 22.6 Å². The number of carbonyl (C=O) groups is 2. The maximum atomic E-state index is 10.7. The van der Waals surface area contributed by atoms with Crippen LogP contribution in [0.1, 0.15) is 25.7 Å². The van der Waals surface area contributed by atoms with E-state index in [4.69, 9.17) is 14.9 Å². The molecule has 9 heteroatoms. The van der Waals surface area contributed by atoms with Gasteiger partial charge in [0, 0.05) is 25.4 Å². The lowest BCUT2D eigenvalue weighted by atomic mass is 10.2. The molecule has 0 aromatic rings. The van der Waals surface area contributed by atoms with Gasteiger partial charge in [-0.3, -0.25) is 0 Å². The first kappa shape index (κ1) is 27.4.